The quantitative estimate of drug-likeness (QED) is 0.502. The highest BCUT2D eigenvalue weighted by Gasteiger charge is 1.78. The van der Waals surface area contributed by atoms with Gasteiger partial charge in [0.15, 0.2) is 0 Å². The third kappa shape index (κ3) is 7.54. The van der Waals surface area contributed by atoms with Crippen molar-refractivity contribution in [1.29, 1.82) is 0 Å². The van der Waals surface area contributed by atoms with Crippen molar-refractivity contribution in [1.82, 2.24) is 5.32 Å². The highest BCUT2D eigenvalue weighted by molar-refractivity contribution is 4.76. The molecule has 9 heavy (non-hydrogen) atoms. The van der Waals surface area contributed by atoms with Crippen molar-refractivity contribution in [3.8, 4) is 0 Å². The zero-order chi connectivity index (χ0) is 6.95. The van der Waals surface area contributed by atoms with E-state index >= 15 is 0 Å². The summed E-state index contributed by atoms with van der Waals surface area (Å²) in [4.78, 5) is 0. The van der Waals surface area contributed by atoms with Gasteiger partial charge in [0.1, 0.15) is 0 Å². The molecule has 1 heteroatoms. The second-order valence-corrected chi connectivity index (χ2v) is 2.05. The normalized spacial score (nSPS) is 10.4. The Kier molecular flexibility index (Phi) is 7.15. The van der Waals surface area contributed by atoms with Gasteiger partial charge in [0.25, 0.3) is 0 Å². The van der Waals surface area contributed by atoms with E-state index in [0.29, 0.717) is 0 Å². The van der Waals surface area contributed by atoms with E-state index in [0.717, 1.165) is 13.0 Å². The van der Waals surface area contributed by atoms with Crippen LogP contribution in [0, 0.1) is 0 Å². The molecule has 0 bridgehead atoms. The molecule has 0 amide bonds. The van der Waals surface area contributed by atoms with Crippen molar-refractivity contribution in [3.63, 3.8) is 0 Å². The summed E-state index contributed by atoms with van der Waals surface area (Å²) in [5, 5.41) is 4.17. The predicted molar refractivity (Wildman–Crippen MR) is 41.3 cm³/mol. The van der Waals surface area contributed by atoms with E-state index in [1.165, 1.54) is 12.8 Å². The first-order valence-corrected chi connectivity index (χ1v) is 3.73. The van der Waals surface area contributed by atoms with E-state index in [1.807, 2.05) is 6.20 Å². The van der Waals surface area contributed by atoms with Gasteiger partial charge >= 0.3 is 0 Å². The summed E-state index contributed by atoms with van der Waals surface area (Å²) in [7, 11) is 0. The van der Waals surface area contributed by atoms with E-state index in [9.17, 15) is 0 Å². The number of allylic oxidation sites excluding steroid dienone is 1. The van der Waals surface area contributed by atoms with Crippen LogP contribution in [-0.2, 0) is 0 Å². The lowest BCUT2D eigenvalue weighted by Crippen LogP contribution is -1.96. The van der Waals surface area contributed by atoms with Crippen LogP contribution in [0.3, 0.4) is 0 Å². The second kappa shape index (κ2) is 7.54. The van der Waals surface area contributed by atoms with Gasteiger partial charge in [-0.2, -0.15) is 0 Å². The topological polar surface area (TPSA) is 14.1 Å². The number of unbranched alkanes of at least 4 members (excludes halogenated alkanes) is 1. The monoisotopic (exact) mass is 126 g/mol. The van der Waals surface area contributed by atoms with Crippen LogP contribution in [0.25, 0.3) is 0 Å². The van der Waals surface area contributed by atoms with Crippen molar-refractivity contribution in [2.75, 3.05) is 6.54 Å². The highest BCUT2D eigenvalue weighted by atomic mass is 14.8. The number of hydrogen-bond donors (Lipinski definition) is 0. The molecule has 0 saturated carbocycles. The van der Waals surface area contributed by atoms with Crippen LogP contribution in [0.4, 0.5) is 0 Å². The summed E-state index contributed by atoms with van der Waals surface area (Å²) in [6.45, 7) is 5.29. The van der Waals surface area contributed by atoms with E-state index < -0.39 is 0 Å². The van der Waals surface area contributed by atoms with Gasteiger partial charge < -0.3 is 0 Å². The highest BCUT2D eigenvalue weighted by Crippen LogP contribution is 1.84. The first-order chi connectivity index (χ1) is 4.41. The maximum absolute atomic E-state index is 4.17. The zero-order valence-corrected chi connectivity index (χ0v) is 6.43. The zero-order valence-electron chi connectivity index (χ0n) is 6.43. The Hall–Kier alpha value is -0.460. The van der Waals surface area contributed by atoms with Gasteiger partial charge in [-0.3, -0.25) is 5.32 Å². The molecule has 0 unspecified atom stereocenters. The van der Waals surface area contributed by atoms with Gasteiger partial charge in [-0.15, -0.1) is 0 Å². The van der Waals surface area contributed by atoms with Gasteiger partial charge in [0.2, 0.25) is 0 Å². The molecule has 0 aromatic rings. The summed E-state index contributed by atoms with van der Waals surface area (Å²) in [5.41, 5.74) is 0. The standard InChI is InChI=1S/C8H16N/c1-3-5-7-9-8-6-4-2/h5,7H,3-4,6,8H2,1-2H3/b7-5+. The van der Waals surface area contributed by atoms with Crippen LogP contribution in [0.2, 0.25) is 0 Å². The average Bonchev–Trinajstić information content (AvgIpc) is 1.89. The first kappa shape index (κ1) is 8.54. The fourth-order valence-electron chi connectivity index (χ4n) is 0.504. The summed E-state index contributed by atoms with van der Waals surface area (Å²) < 4.78 is 0. The van der Waals surface area contributed by atoms with Gasteiger partial charge in [0.05, 0.1) is 0 Å². The summed E-state index contributed by atoms with van der Waals surface area (Å²) in [6.07, 6.45) is 7.54. The van der Waals surface area contributed by atoms with Crippen molar-refractivity contribution in [2.45, 2.75) is 33.1 Å². The Labute approximate surface area is 58.2 Å². The van der Waals surface area contributed by atoms with E-state index in [-0.39, 0.29) is 0 Å². The van der Waals surface area contributed by atoms with E-state index in [1.54, 1.807) is 0 Å². The minimum Gasteiger partial charge on any atom is -0.294 e. The fourth-order valence-corrected chi connectivity index (χ4v) is 0.504. The summed E-state index contributed by atoms with van der Waals surface area (Å²) in [5.74, 6) is 0. The third-order valence-corrected chi connectivity index (χ3v) is 1.09. The lowest BCUT2D eigenvalue weighted by molar-refractivity contribution is 0.725. The Balaban J connectivity index is 2.82. The minimum absolute atomic E-state index is 0.993. The molecule has 0 saturated heterocycles. The Morgan fingerprint density at radius 1 is 1.33 bits per heavy atom. The molecule has 0 N–H and O–H groups in total. The Bertz CT molecular complexity index is 67.0. The molecule has 0 atom stereocenters. The van der Waals surface area contributed by atoms with Crippen LogP contribution in [-0.4, -0.2) is 6.54 Å². The molecule has 0 aliphatic heterocycles. The molecule has 0 aliphatic rings. The molecule has 0 aliphatic carbocycles. The van der Waals surface area contributed by atoms with E-state index in [2.05, 4.69) is 25.2 Å². The summed E-state index contributed by atoms with van der Waals surface area (Å²) >= 11 is 0. The number of rotatable bonds is 5. The molecule has 0 aromatic heterocycles. The van der Waals surface area contributed by atoms with Gasteiger partial charge in [-0.25, -0.2) is 0 Å². The lowest BCUT2D eigenvalue weighted by Gasteiger charge is -1.91. The molecule has 0 rings (SSSR count). The van der Waals surface area contributed by atoms with Crippen molar-refractivity contribution in [2.24, 2.45) is 0 Å². The van der Waals surface area contributed by atoms with Gasteiger partial charge in [-0.1, -0.05) is 26.3 Å². The van der Waals surface area contributed by atoms with Crippen molar-refractivity contribution in [3.05, 3.63) is 12.3 Å². The molecule has 0 aromatic carbocycles. The molecule has 0 spiro atoms. The molecular weight excluding hydrogens is 110 g/mol. The molecule has 0 heterocycles. The maximum Gasteiger partial charge on any atom is 0.0389 e. The maximum atomic E-state index is 4.17. The van der Waals surface area contributed by atoms with Crippen LogP contribution in [0.1, 0.15) is 33.1 Å². The van der Waals surface area contributed by atoms with Crippen molar-refractivity contribution >= 4 is 0 Å². The van der Waals surface area contributed by atoms with Crippen LogP contribution >= 0.6 is 0 Å². The average molecular weight is 126 g/mol. The Morgan fingerprint density at radius 2 is 2.11 bits per heavy atom. The third-order valence-electron chi connectivity index (χ3n) is 1.09. The number of hydrogen-bond acceptors (Lipinski definition) is 0. The van der Waals surface area contributed by atoms with E-state index in [4.69, 9.17) is 0 Å². The van der Waals surface area contributed by atoms with Gasteiger partial charge in [0, 0.05) is 12.7 Å². The predicted octanol–water partition coefficient (Wildman–Crippen LogP) is 2.31. The largest absolute Gasteiger partial charge is 0.294 e. The molecular formula is C8H16N. The Morgan fingerprint density at radius 3 is 2.67 bits per heavy atom. The van der Waals surface area contributed by atoms with Crippen LogP contribution in [0.15, 0.2) is 12.3 Å². The fraction of sp³-hybridized carbons (Fsp3) is 0.750. The summed E-state index contributed by atoms with van der Waals surface area (Å²) in [6, 6.07) is 0. The molecule has 0 fully saturated rings. The van der Waals surface area contributed by atoms with Crippen LogP contribution < -0.4 is 5.32 Å². The van der Waals surface area contributed by atoms with Crippen molar-refractivity contribution < 1.29 is 0 Å². The van der Waals surface area contributed by atoms with Gasteiger partial charge in [-0.05, 0) is 12.8 Å². The molecule has 1 nitrogen and oxygen atoms in total. The molecule has 1 radical (unpaired) electrons. The molecule has 53 valence electrons. The smallest absolute Gasteiger partial charge is 0.0389 e. The second-order valence-electron chi connectivity index (χ2n) is 2.05. The lowest BCUT2D eigenvalue weighted by atomic mass is 10.3. The number of nitrogens with zero attached hydrogens (tertiary/aromatic N) is 1. The first-order valence-electron chi connectivity index (χ1n) is 3.73. The van der Waals surface area contributed by atoms with Crippen LogP contribution in [0.5, 0.6) is 0 Å². The SMILES string of the molecule is CC/C=C/[N]CCCC. The minimum atomic E-state index is 0.993.